The monoisotopic (exact) mass is 191 g/mol. The van der Waals surface area contributed by atoms with Crippen LogP contribution >= 0.6 is 0 Å². The Morgan fingerprint density at radius 3 is 2.93 bits per heavy atom. The van der Waals surface area contributed by atoms with Gasteiger partial charge in [0.05, 0.1) is 5.69 Å². The van der Waals surface area contributed by atoms with Crippen LogP contribution in [-0.2, 0) is 6.54 Å². The van der Waals surface area contributed by atoms with Gasteiger partial charge in [0, 0.05) is 12.7 Å². The van der Waals surface area contributed by atoms with Crippen molar-refractivity contribution < 1.29 is 0 Å². The van der Waals surface area contributed by atoms with Gasteiger partial charge in [0.2, 0.25) is 0 Å². The topological polar surface area (TPSA) is 50.9 Å². The van der Waals surface area contributed by atoms with E-state index in [2.05, 4.69) is 16.4 Å². The lowest BCUT2D eigenvalue weighted by Gasteiger charge is -2.24. The van der Waals surface area contributed by atoms with Gasteiger partial charge < -0.3 is 11.1 Å². The summed E-state index contributed by atoms with van der Waals surface area (Å²) in [7, 11) is 0. The summed E-state index contributed by atoms with van der Waals surface area (Å²) in [5.74, 6) is 0.656. The molecule has 0 unspecified atom stereocenters. The van der Waals surface area contributed by atoms with Crippen LogP contribution in [0.1, 0.15) is 30.0 Å². The molecular formula is C11H17N3. The zero-order chi connectivity index (χ0) is 9.80. The van der Waals surface area contributed by atoms with Crippen LogP contribution < -0.4 is 11.1 Å². The highest BCUT2D eigenvalue weighted by atomic mass is 14.9. The molecule has 2 rings (SSSR count). The first kappa shape index (κ1) is 9.62. The van der Waals surface area contributed by atoms with Gasteiger partial charge in [-0.2, -0.15) is 0 Å². The second kappa shape index (κ2) is 4.53. The van der Waals surface area contributed by atoms with Crippen LogP contribution in [0.5, 0.6) is 0 Å². The molecule has 0 radical (unpaired) electrons. The van der Waals surface area contributed by atoms with Crippen LogP contribution in [0.15, 0.2) is 18.3 Å². The molecule has 0 saturated carbocycles. The van der Waals surface area contributed by atoms with E-state index in [9.17, 15) is 0 Å². The zero-order valence-corrected chi connectivity index (χ0v) is 8.37. The Hall–Kier alpha value is -0.930. The van der Waals surface area contributed by atoms with Gasteiger partial charge in [-0.3, -0.25) is 4.98 Å². The first-order valence-corrected chi connectivity index (χ1v) is 5.26. The smallest absolute Gasteiger partial charge is 0.0574 e. The minimum absolute atomic E-state index is 0.556. The van der Waals surface area contributed by atoms with Gasteiger partial charge in [-0.05, 0) is 43.5 Å². The Labute approximate surface area is 84.7 Å². The third-order valence-corrected chi connectivity index (χ3v) is 2.90. The van der Waals surface area contributed by atoms with Crippen LogP contribution in [0.3, 0.4) is 0 Å². The van der Waals surface area contributed by atoms with Crippen molar-refractivity contribution in [3.63, 3.8) is 0 Å². The third kappa shape index (κ3) is 1.94. The number of aromatic nitrogens is 1. The first-order chi connectivity index (χ1) is 6.92. The number of hydrogen-bond acceptors (Lipinski definition) is 3. The van der Waals surface area contributed by atoms with Crippen molar-refractivity contribution in [1.82, 2.24) is 10.3 Å². The molecule has 1 aromatic rings. The van der Waals surface area contributed by atoms with E-state index in [0.29, 0.717) is 12.5 Å². The summed E-state index contributed by atoms with van der Waals surface area (Å²) in [6.45, 7) is 2.78. The molecule has 3 nitrogen and oxygen atoms in total. The van der Waals surface area contributed by atoms with Crippen molar-refractivity contribution in [2.24, 2.45) is 5.73 Å². The van der Waals surface area contributed by atoms with Crippen LogP contribution in [0, 0.1) is 0 Å². The molecule has 3 heteroatoms. The van der Waals surface area contributed by atoms with Gasteiger partial charge in [0.15, 0.2) is 0 Å². The van der Waals surface area contributed by atoms with Gasteiger partial charge in [0.25, 0.3) is 0 Å². The fourth-order valence-corrected chi connectivity index (χ4v) is 2.13. The Kier molecular flexibility index (Phi) is 3.11. The highest BCUT2D eigenvalue weighted by Crippen LogP contribution is 2.26. The van der Waals surface area contributed by atoms with E-state index in [0.717, 1.165) is 18.8 Å². The Balaban J connectivity index is 2.20. The van der Waals surface area contributed by atoms with Crippen LogP contribution in [0.4, 0.5) is 0 Å². The minimum Gasteiger partial charge on any atom is -0.325 e. The molecule has 0 aromatic carbocycles. The number of nitrogens with one attached hydrogen (secondary N) is 1. The molecule has 0 amide bonds. The Bertz CT molecular complexity index is 292. The SMILES string of the molecule is NCc1ncccc1C1CCNCC1. The van der Waals surface area contributed by atoms with Gasteiger partial charge in [-0.1, -0.05) is 6.07 Å². The first-order valence-electron chi connectivity index (χ1n) is 5.26. The van der Waals surface area contributed by atoms with E-state index >= 15 is 0 Å². The molecule has 3 N–H and O–H groups in total. The zero-order valence-electron chi connectivity index (χ0n) is 8.37. The largest absolute Gasteiger partial charge is 0.325 e. The highest BCUT2D eigenvalue weighted by Gasteiger charge is 2.17. The Morgan fingerprint density at radius 2 is 2.21 bits per heavy atom. The molecule has 0 atom stereocenters. The lowest BCUT2D eigenvalue weighted by molar-refractivity contribution is 0.457. The number of piperidine rings is 1. The van der Waals surface area contributed by atoms with E-state index < -0.39 is 0 Å². The quantitative estimate of drug-likeness (QED) is 0.733. The van der Waals surface area contributed by atoms with Crippen molar-refractivity contribution >= 4 is 0 Å². The molecule has 1 aliphatic heterocycles. The van der Waals surface area contributed by atoms with Crippen molar-refractivity contribution in [2.75, 3.05) is 13.1 Å². The summed E-state index contributed by atoms with van der Waals surface area (Å²) in [6, 6.07) is 4.18. The minimum atomic E-state index is 0.556. The maximum atomic E-state index is 5.68. The molecule has 14 heavy (non-hydrogen) atoms. The number of nitrogens with two attached hydrogens (primary N) is 1. The molecule has 1 aliphatic rings. The lowest BCUT2D eigenvalue weighted by atomic mass is 9.89. The summed E-state index contributed by atoms with van der Waals surface area (Å²) >= 11 is 0. The average molecular weight is 191 g/mol. The number of nitrogens with zero attached hydrogens (tertiary/aromatic N) is 1. The number of hydrogen-bond donors (Lipinski definition) is 2. The van der Waals surface area contributed by atoms with Gasteiger partial charge in [0.1, 0.15) is 0 Å². The third-order valence-electron chi connectivity index (χ3n) is 2.90. The fourth-order valence-electron chi connectivity index (χ4n) is 2.13. The summed E-state index contributed by atoms with van der Waals surface area (Å²) in [5, 5.41) is 3.37. The van der Waals surface area contributed by atoms with Gasteiger partial charge in [-0.15, -0.1) is 0 Å². The summed E-state index contributed by atoms with van der Waals surface area (Å²) < 4.78 is 0. The summed E-state index contributed by atoms with van der Waals surface area (Å²) in [6.07, 6.45) is 4.24. The van der Waals surface area contributed by atoms with Crippen molar-refractivity contribution in [3.8, 4) is 0 Å². The second-order valence-electron chi connectivity index (χ2n) is 3.77. The van der Waals surface area contributed by atoms with Crippen LogP contribution in [-0.4, -0.2) is 18.1 Å². The Morgan fingerprint density at radius 1 is 1.43 bits per heavy atom. The number of rotatable bonds is 2. The van der Waals surface area contributed by atoms with E-state index in [4.69, 9.17) is 5.73 Å². The standard InChI is InChI=1S/C11H17N3/c12-8-11-10(2-1-5-14-11)9-3-6-13-7-4-9/h1-2,5,9,13H,3-4,6-8,12H2. The van der Waals surface area contributed by atoms with Gasteiger partial charge >= 0.3 is 0 Å². The molecule has 76 valence electrons. The average Bonchev–Trinajstić information content (AvgIpc) is 2.30. The molecule has 1 aromatic heterocycles. The second-order valence-corrected chi connectivity index (χ2v) is 3.77. The number of pyridine rings is 1. The molecular weight excluding hydrogens is 174 g/mol. The van der Waals surface area contributed by atoms with E-state index in [1.165, 1.54) is 18.4 Å². The molecule has 2 heterocycles. The molecule has 0 aliphatic carbocycles. The van der Waals surface area contributed by atoms with E-state index in [1.54, 1.807) is 0 Å². The molecule has 0 bridgehead atoms. The van der Waals surface area contributed by atoms with Gasteiger partial charge in [-0.25, -0.2) is 0 Å². The predicted octanol–water partition coefficient (Wildman–Crippen LogP) is 1.01. The molecule has 0 spiro atoms. The van der Waals surface area contributed by atoms with E-state index in [-0.39, 0.29) is 0 Å². The van der Waals surface area contributed by atoms with Crippen molar-refractivity contribution in [2.45, 2.75) is 25.3 Å². The normalized spacial score (nSPS) is 18.4. The molecule has 1 saturated heterocycles. The van der Waals surface area contributed by atoms with Crippen LogP contribution in [0.2, 0.25) is 0 Å². The van der Waals surface area contributed by atoms with Crippen molar-refractivity contribution in [3.05, 3.63) is 29.6 Å². The highest BCUT2D eigenvalue weighted by molar-refractivity contribution is 5.24. The lowest BCUT2D eigenvalue weighted by Crippen LogP contribution is -2.27. The maximum Gasteiger partial charge on any atom is 0.0574 e. The van der Waals surface area contributed by atoms with Crippen LogP contribution in [0.25, 0.3) is 0 Å². The summed E-state index contributed by atoms with van der Waals surface area (Å²) in [4.78, 5) is 4.33. The molecule has 1 fully saturated rings. The van der Waals surface area contributed by atoms with E-state index in [1.807, 2.05) is 12.3 Å². The maximum absolute atomic E-state index is 5.68. The summed E-state index contributed by atoms with van der Waals surface area (Å²) in [5.41, 5.74) is 8.11. The fraction of sp³-hybridized carbons (Fsp3) is 0.545. The van der Waals surface area contributed by atoms with Crippen molar-refractivity contribution in [1.29, 1.82) is 0 Å². The predicted molar refractivity (Wildman–Crippen MR) is 57.0 cm³/mol.